The monoisotopic (exact) mass is 132 g/mol. The Kier molecular flexibility index (Phi) is 3.98. The van der Waals surface area contributed by atoms with Crippen LogP contribution < -0.4 is 0 Å². The summed E-state index contributed by atoms with van der Waals surface area (Å²) in [6.45, 7) is 6.14. The minimum Gasteiger partial charge on any atom is -0.123 e. The predicted octanol–water partition coefficient (Wildman–Crippen LogP) is 2.97. The molecule has 0 N–H and O–H groups in total. The van der Waals surface area contributed by atoms with Crippen molar-refractivity contribution < 1.29 is 0 Å². The molecule has 48 valence electrons. The van der Waals surface area contributed by atoms with Crippen LogP contribution in [0.2, 0.25) is 0 Å². The van der Waals surface area contributed by atoms with Crippen LogP contribution in [0.4, 0.5) is 0 Å². The highest BCUT2D eigenvalue weighted by atomic mass is 35.5. The van der Waals surface area contributed by atoms with E-state index in [1.54, 1.807) is 0 Å². The van der Waals surface area contributed by atoms with Gasteiger partial charge in [0.25, 0.3) is 0 Å². The molecule has 1 atom stereocenters. The summed E-state index contributed by atoms with van der Waals surface area (Å²) in [5.74, 6) is 0. The van der Waals surface area contributed by atoms with E-state index in [1.165, 1.54) is 5.57 Å². The van der Waals surface area contributed by atoms with Gasteiger partial charge in [-0.3, -0.25) is 0 Å². The standard InChI is InChI=1S/C7H13Cl/c1-4-6(2)5-7(3)8/h4,7H,5H2,1-3H3/b6-4-. The van der Waals surface area contributed by atoms with Gasteiger partial charge in [0.2, 0.25) is 0 Å². The Labute approximate surface area is 56.5 Å². The van der Waals surface area contributed by atoms with Crippen molar-refractivity contribution in [2.24, 2.45) is 0 Å². The third-order valence-corrected chi connectivity index (χ3v) is 1.25. The number of hydrogen-bond donors (Lipinski definition) is 0. The Hall–Kier alpha value is 0.0300. The molecule has 0 saturated carbocycles. The number of hydrogen-bond acceptors (Lipinski definition) is 0. The zero-order chi connectivity index (χ0) is 6.57. The maximum Gasteiger partial charge on any atom is 0.0344 e. The number of alkyl halides is 1. The summed E-state index contributed by atoms with van der Waals surface area (Å²) in [4.78, 5) is 0. The lowest BCUT2D eigenvalue weighted by Crippen LogP contribution is -1.89. The van der Waals surface area contributed by atoms with Crippen LogP contribution in [0, 0.1) is 0 Å². The first-order valence-electron chi connectivity index (χ1n) is 2.92. The first kappa shape index (κ1) is 8.03. The third kappa shape index (κ3) is 4.20. The lowest BCUT2D eigenvalue weighted by Gasteiger charge is -1.99. The zero-order valence-corrected chi connectivity index (χ0v) is 6.50. The van der Waals surface area contributed by atoms with Gasteiger partial charge in [-0.15, -0.1) is 11.6 Å². The van der Waals surface area contributed by atoms with Crippen molar-refractivity contribution in [1.82, 2.24) is 0 Å². The van der Waals surface area contributed by atoms with E-state index in [2.05, 4.69) is 13.0 Å². The Bertz CT molecular complexity index is 82.4. The van der Waals surface area contributed by atoms with Crippen LogP contribution in [0.5, 0.6) is 0 Å². The van der Waals surface area contributed by atoms with Gasteiger partial charge in [-0.05, 0) is 27.2 Å². The topological polar surface area (TPSA) is 0 Å². The SMILES string of the molecule is C/C=C(/C)CC(C)Cl. The number of halogens is 1. The molecule has 0 aromatic carbocycles. The molecule has 1 unspecified atom stereocenters. The molecule has 1 heteroatoms. The summed E-state index contributed by atoms with van der Waals surface area (Å²) in [5.41, 5.74) is 1.37. The Morgan fingerprint density at radius 2 is 2.25 bits per heavy atom. The molecule has 0 heterocycles. The molecular formula is C7H13Cl. The largest absolute Gasteiger partial charge is 0.123 e. The lowest BCUT2D eigenvalue weighted by atomic mass is 10.2. The molecule has 0 saturated heterocycles. The van der Waals surface area contributed by atoms with Gasteiger partial charge < -0.3 is 0 Å². The Morgan fingerprint density at radius 3 is 2.38 bits per heavy atom. The maximum atomic E-state index is 5.71. The molecule has 0 aliphatic rings. The normalized spacial score (nSPS) is 16.2. The fourth-order valence-electron chi connectivity index (χ4n) is 0.562. The van der Waals surface area contributed by atoms with E-state index in [0.29, 0.717) is 0 Å². The molecule has 0 aliphatic carbocycles. The minimum atomic E-state index is 0.284. The number of rotatable bonds is 2. The van der Waals surface area contributed by atoms with E-state index in [-0.39, 0.29) is 5.38 Å². The molecule has 0 aromatic heterocycles. The minimum absolute atomic E-state index is 0.284. The van der Waals surface area contributed by atoms with E-state index in [9.17, 15) is 0 Å². The van der Waals surface area contributed by atoms with Crippen LogP contribution in [-0.4, -0.2) is 5.38 Å². The van der Waals surface area contributed by atoms with Gasteiger partial charge in [0.15, 0.2) is 0 Å². The van der Waals surface area contributed by atoms with Crippen molar-refractivity contribution in [2.75, 3.05) is 0 Å². The fourth-order valence-corrected chi connectivity index (χ4v) is 0.805. The highest BCUT2D eigenvalue weighted by Crippen LogP contribution is 2.08. The summed E-state index contributed by atoms with van der Waals surface area (Å²) in [6.07, 6.45) is 3.11. The van der Waals surface area contributed by atoms with Crippen molar-refractivity contribution in [3.05, 3.63) is 11.6 Å². The predicted molar refractivity (Wildman–Crippen MR) is 39.4 cm³/mol. The average Bonchev–Trinajstić information content (AvgIpc) is 1.65. The van der Waals surface area contributed by atoms with Gasteiger partial charge in [0.05, 0.1) is 0 Å². The van der Waals surface area contributed by atoms with E-state index in [4.69, 9.17) is 11.6 Å². The van der Waals surface area contributed by atoms with Crippen molar-refractivity contribution >= 4 is 11.6 Å². The molecular weight excluding hydrogens is 120 g/mol. The molecule has 0 bridgehead atoms. The van der Waals surface area contributed by atoms with E-state index < -0.39 is 0 Å². The first-order valence-corrected chi connectivity index (χ1v) is 3.36. The van der Waals surface area contributed by atoms with E-state index >= 15 is 0 Å². The van der Waals surface area contributed by atoms with Crippen molar-refractivity contribution in [3.8, 4) is 0 Å². The van der Waals surface area contributed by atoms with Crippen molar-refractivity contribution in [3.63, 3.8) is 0 Å². The molecule has 8 heavy (non-hydrogen) atoms. The molecule has 0 radical (unpaired) electrons. The lowest BCUT2D eigenvalue weighted by molar-refractivity contribution is 0.912. The highest BCUT2D eigenvalue weighted by Gasteiger charge is 1.94. The Balaban J connectivity index is 3.39. The van der Waals surface area contributed by atoms with Crippen molar-refractivity contribution in [2.45, 2.75) is 32.6 Å². The highest BCUT2D eigenvalue weighted by molar-refractivity contribution is 6.20. The van der Waals surface area contributed by atoms with Gasteiger partial charge in [0, 0.05) is 5.38 Å². The fraction of sp³-hybridized carbons (Fsp3) is 0.714. The van der Waals surface area contributed by atoms with Gasteiger partial charge in [-0.1, -0.05) is 11.6 Å². The zero-order valence-electron chi connectivity index (χ0n) is 5.74. The van der Waals surface area contributed by atoms with Crippen LogP contribution in [0.3, 0.4) is 0 Å². The van der Waals surface area contributed by atoms with Crippen LogP contribution in [-0.2, 0) is 0 Å². The van der Waals surface area contributed by atoms with Crippen LogP contribution in [0.15, 0.2) is 11.6 Å². The smallest absolute Gasteiger partial charge is 0.0344 e. The molecule has 0 amide bonds. The molecule has 0 aliphatic heterocycles. The van der Waals surface area contributed by atoms with Gasteiger partial charge in [0.1, 0.15) is 0 Å². The maximum absolute atomic E-state index is 5.71. The molecule has 0 spiro atoms. The quantitative estimate of drug-likeness (QED) is 0.400. The summed E-state index contributed by atoms with van der Waals surface area (Å²) >= 11 is 5.71. The molecule has 0 rings (SSSR count). The summed E-state index contributed by atoms with van der Waals surface area (Å²) in [7, 11) is 0. The molecule has 0 fully saturated rings. The molecule has 0 nitrogen and oxygen atoms in total. The van der Waals surface area contributed by atoms with Gasteiger partial charge >= 0.3 is 0 Å². The van der Waals surface area contributed by atoms with E-state index in [0.717, 1.165) is 6.42 Å². The second-order valence-electron chi connectivity index (χ2n) is 2.12. The summed E-state index contributed by atoms with van der Waals surface area (Å²) in [6, 6.07) is 0. The second-order valence-corrected chi connectivity index (χ2v) is 2.86. The Morgan fingerprint density at radius 1 is 1.75 bits per heavy atom. The summed E-state index contributed by atoms with van der Waals surface area (Å²) < 4.78 is 0. The first-order chi connectivity index (χ1) is 3.66. The van der Waals surface area contributed by atoms with Crippen molar-refractivity contribution in [1.29, 1.82) is 0 Å². The average molecular weight is 133 g/mol. The molecule has 0 aromatic rings. The third-order valence-electron chi connectivity index (χ3n) is 1.10. The summed E-state index contributed by atoms with van der Waals surface area (Å²) in [5, 5.41) is 0.284. The number of allylic oxidation sites excluding steroid dienone is 2. The van der Waals surface area contributed by atoms with Gasteiger partial charge in [-0.25, -0.2) is 0 Å². The van der Waals surface area contributed by atoms with Gasteiger partial charge in [-0.2, -0.15) is 0 Å². The van der Waals surface area contributed by atoms with Crippen LogP contribution in [0.25, 0.3) is 0 Å². The van der Waals surface area contributed by atoms with Crippen LogP contribution >= 0.6 is 11.6 Å². The van der Waals surface area contributed by atoms with Crippen LogP contribution in [0.1, 0.15) is 27.2 Å². The second kappa shape index (κ2) is 3.96. The van der Waals surface area contributed by atoms with E-state index in [1.807, 2.05) is 13.8 Å².